The van der Waals surface area contributed by atoms with Crippen molar-refractivity contribution in [3.05, 3.63) is 29.3 Å². The van der Waals surface area contributed by atoms with Crippen LogP contribution in [-0.4, -0.2) is 77.8 Å². The monoisotopic (exact) mass is 679 g/mol. The molecule has 1 aromatic carbocycles. The minimum atomic E-state index is -3.60. The summed E-state index contributed by atoms with van der Waals surface area (Å²) in [7, 11) is -3.60. The van der Waals surface area contributed by atoms with Gasteiger partial charge >= 0.3 is 0 Å². The molecule has 4 aliphatic rings. The highest BCUT2D eigenvalue weighted by Gasteiger charge is 2.45. The number of hydrogen-bond acceptors (Lipinski definition) is 5. The van der Waals surface area contributed by atoms with Crippen molar-refractivity contribution in [1.82, 2.24) is 14.1 Å². The van der Waals surface area contributed by atoms with Crippen molar-refractivity contribution in [2.24, 2.45) is 5.41 Å². The lowest BCUT2D eigenvalue weighted by Gasteiger charge is -2.41. The van der Waals surface area contributed by atoms with E-state index in [1.165, 1.54) is 58.0 Å². The van der Waals surface area contributed by atoms with Crippen molar-refractivity contribution in [3.63, 3.8) is 0 Å². The molecule has 0 aromatic heterocycles. The Bertz CT molecular complexity index is 1160. The molecule has 3 heterocycles. The van der Waals surface area contributed by atoms with Crippen LogP contribution in [0.3, 0.4) is 0 Å². The summed E-state index contributed by atoms with van der Waals surface area (Å²) in [5.41, 5.74) is 0.232. The molecule has 3 saturated heterocycles. The number of hydrogen-bond donors (Lipinski definition) is 0. The number of amides is 1. The van der Waals surface area contributed by atoms with Crippen LogP contribution in [-0.2, 0) is 14.8 Å². The summed E-state index contributed by atoms with van der Waals surface area (Å²) < 4.78 is 29.9. The van der Waals surface area contributed by atoms with Crippen LogP contribution in [0.15, 0.2) is 29.2 Å². The molecular weight excluding hydrogens is 622 g/mol. The fourth-order valence-corrected chi connectivity index (χ4v) is 11.7. The molecule has 1 amide bonds. The molecule has 0 N–H and O–H groups in total. The van der Waals surface area contributed by atoms with Gasteiger partial charge in [-0.3, -0.25) is 4.79 Å². The number of benzene rings is 1. The summed E-state index contributed by atoms with van der Waals surface area (Å²) in [6.07, 6.45) is 21.2. The number of rotatable bonds is 16. The highest BCUT2D eigenvalue weighted by molar-refractivity contribution is 8.00. The van der Waals surface area contributed by atoms with Gasteiger partial charge in [0, 0.05) is 36.6 Å². The van der Waals surface area contributed by atoms with E-state index in [0.717, 1.165) is 95.9 Å². The van der Waals surface area contributed by atoms with Crippen LogP contribution < -0.4 is 0 Å². The smallest absolute Gasteiger partial charge is 0.244 e. The van der Waals surface area contributed by atoms with Gasteiger partial charge in [0.2, 0.25) is 15.9 Å². The minimum Gasteiger partial charge on any atom is -0.343 e. The van der Waals surface area contributed by atoms with E-state index in [-0.39, 0.29) is 16.8 Å². The second-order valence-corrected chi connectivity index (χ2v) is 18.0. The van der Waals surface area contributed by atoms with Crippen LogP contribution in [0.4, 0.5) is 0 Å². The third kappa shape index (κ3) is 9.87. The lowest BCUT2D eigenvalue weighted by atomic mass is 9.92. The van der Waals surface area contributed by atoms with Crippen molar-refractivity contribution in [2.75, 3.05) is 31.9 Å². The zero-order chi connectivity index (χ0) is 31.7. The summed E-state index contributed by atoms with van der Waals surface area (Å²) in [6.45, 7) is 6.57. The molecule has 1 aromatic rings. The third-order valence-electron chi connectivity index (χ3n) is 11.0. The van der Waals surface area contributed by atoms with Crippen LogP contribution in [0.2, 0.25) is 5.02 Å². The van der Waals surface area contributed by atoms with Gasteiger partial charge in [0.15, 0.2) is 0 Å². The number of thioether (sulfide) groups is 1. The molecule has 2 unspecified atom stereocenters. The summed E-state index contributed by atoms with van der Waals surface area (Å²) in [5, 5.41) is 0.564. The summed E-state index contributed by atoms with van der Waals surface area (Å²) >= 11 is 7.94. The number of likely N-dealkylation sites (tertiary alicyclic amines) is 2. The van der Waals surface area contributed by atoms with Gasteiger partial charge in [0.1, 0.15) is 0 Å². The highest BCUT2D eigenvalue weighted by Crippen LogP contribution is 2.53. The largest absolute Gasteiger partial charge is 0.343 e. The average Bonchev–Trinajstić information content (AvgIpc) is 3.82. The molecule has 4 fully saturated rings. The predicted octanol–water partition coefficient (Wildman–Crippen LogP) is 8.73. The Morgan fingerprint density at radius 3 is 2.31 bits per heavy atom. The quantitative estimate of drug-likeness (QED) is 0.164. The van der Waals surface area contributed by atoms with E-state index in [4.69, 9.17) is 11.6 Å². The van der Waals surface area contributed by atoms with E-state index in [2.05, 4.69) is 16.7 Å². The maximum Gasteiger partial charge on any atom is 0.244 e. The summed E-state index contributed by atoms with van der Waals surface area (Å²) in [4.78, 5) is 18.5. The Morgan fingerprint density at radius 1 is 0.889 bits per heavy atom. The molecule has 0 bridgehead atoms. The maximum absolute atomic E-state index is 14.0. The zero-order valence-electron chi connectivity index (χ0n) is 27.8. The van der Waals surface area contributed by atoms with Gasteiger partial charge in [0.05, 0.1) is 10.3 Å². The van der Waals surface area contributed by atoms with Gasteiger partial charge < -0.3 is 9.80 Å². The summed E-state index contributed by atoms with van der Waals surface area (Å²) in [6, 6.07) is 7.43. The molecule has 254 valence electrons. The minimum absolute atomic E-state index is 0.00643. The van der Waals surface area contributed by atoms with Gasteiger partial charge in [0.25, 0.3) is 0 Å². The van der Waals surface area contributed by atoms with Gasteiger partial charge in [-0.05, 0) is 126 Å². The second-order valence-electron chi connectivity index (χ2n) is 14.4. The van der Waals surface area contributed by atoms with E-state index in [9.17, 15) is 13.2 Å². The molecule has 1 aliphatic carbocycles. The van der Waals surface area contributed by atoms with Crippen molar-refractivity contribution in [2.45, 2.75) is 151 Å². The number of carbonyl (C=O) groups is 1. The van der Waals surface area contributed by atoms with Crippen LogP contribution >= 0.6 is 23.4 Å². The molecule has 0 radical (unpaired) electrons. The first-order valence-electron chi connectivity index (χ1n) is 18.2. The van der Waals surface area contributed by atoms with Crippen LogP contribution in [0.25, 0.3) is 0 Å². The van der Waals surface area contributed by atoms with Gasteiger partial charge in [-0.25, -0.2) is 8.42 Å². The highest BCUT2D eigenvalue weighted by atomic mass is 35.5. The van der Waals surface area contributed by atoms with Gasteiger partial charge in [-0.15, -0.1) is 11.8 Å². The van der Waals surface area contributed by atoms with Crippen LogP contribution in [0.5, 0.6) is 0 Å². The van der Waals surface area contributed by atoms with Crippen molar-refractivity contribution < 1.29 is 13.2 Å². The predicted molar refractivity (Wildman–Crippen MR) is 188 cm³/mol. The molecule has 3 aliphatic heterocycles. The third-order valence-corrected chi connectivity index (χ3v) is 14.8. The average molecular weight is 680 g/mol. The first-order valence-corrected chi connectivity index (χ1v) is 21.1. The number of unbranched alkanes of at least 4 members (excludes halogenated alkanes) is 4. The van der Waals surface area contributed by atoms with E-state index in [1.807, 2.05) is 16.1 Å². The molecule has 0 spiro atoms. The second kappa shape index (κ2) is 17.0. The lowest BCUT2D eigenvalue weighted by molar-refractivity contribution is -0.134. The SMILES string of the molecule is CCCCCSC1CCCC(CCCCCC2(CC(=O)N3CCC(N4CCCCC4)CC3)CC2)N1S(=O)(=O)c1ccc(Cl)cc1. The molecule has 1 saturated carbocycles. The number of carbonyl (C=O) groups excluding carboxylic acids is 1. The topological polar surface area (TPSA) is 60.9 Å². The fraction of sp³-hybridized carbons (Fsp3) is 0.806. The molecular formula is C36H58ClN3O3S2. The lowest BCUT2D eigenvalue weighted by Crippen LogP contribution is -2.48. The number of halogens is 1. The van der Waals surface area contributed by atoms with Crippen LogP contribution in [0, 0.1) is 5.41 Å². The zero-order valence-corrected chi connectivity index (χ0v) is 30.2. The number of piperidine rings is 3. The first-order chi connectivity index (χ1) is 21.8. The standard InChI is InChI=1S/C36H58ClN3O3S2/c1-2-3-10-28-44-35-14-11-13-32(40(35)45(42,43)33-17-15-30(37)16-18-33)12-6-4-7-21-36(22-23-36)29-34(41)39-26-19-31(20-27-39)38-24-8-5-9-25-38/h15-18,31-32,35H,2-14,19-29H2,1H3. The maximum atomic E-state index is 14.0. The normalized spacial score (nSPS) is 25.0. The van der Waals surface area contributed by atoms with Crippen molar-refractivity contribution in [1.29, 1.82) is 0 Å². The Hall–Kier alpha value is -0.800. The van der Waals surface area contributed by atoms with E-state index < -0.39 is 10.0 Å². The number of nitrogens with zero attached hydrogens (tertiary/aromatic N) is 3. The van der Waals surface area contributed by atoms with Crippen molar-refractivity contribution in [3.8, 4) is 0 Å². The molecule has 6 nitrogen and oxygen atoms in total. The Labute approximate surface area is 283 Å². The Morgan fingerprint density at radius 2 is 1.62 bits per heavy atom. The first kappa shape index (κ1) is 35.5. The number of sulfonamides is 1. The summed E-state index contributed by atoms with van der Waals surface area (Å²) in [5.74, 6) is 1.40. The fourth-order valence-electron chi connectivity index (χ4n) is 8.04. The molecule has 9 heteroatoms. The Kier molecular flexibility index (Phi) is 13.4. The van der Waals surface area contributed by atoms with Gasteiger partial charge in [-0.1, -0.05) is 57.0 Å². The van der Waals surface area contributed by atoms with Crippen molar-refractivity contribution >= 4 is 39.3 Å². The van der Waals surface area contributed by atoms with E-state index in [1.54, 1.807) is 24.3 Å². The van der Waals surface area contributed by atoms with Gasteiger partial charge in [-0.2, -0.15) is 4.31 Å². The van der Waals surface area contributed by atoms with Crippen LogP contribution in [0.1, 0.15) is 129 Å². The Balaban J connectivity index is 1.08. The van der Waals surface area contributed by atoms with E-state index >= 15 is 0 Å². The molecule has 2 atom stereocenters. The molecule has 5 rings (SSSR count). The molecule has 45 heavy (non-hydrogen) atoms. The van der Waals surface area contributed by atoms with E-state index in [0.29, 0.717) is 21.9 Å².